The number of halogens is 6. The van der Waals surface area contributed by atoms with Crippen molar-refractivity contribution >= 4 is 23.2 Å². The second-order valence-corrected chi connectivity index (χ2v) is 6.43. The lowest BCUT2D eigenvalue weighted by Crippen LogP contribution is -2.21. The van der Waals surface area contributed by atoms with Gasteiger partial charge in [-0.15, -0.1) is 0 Å². The van der Waals surface area contributed by atoms with Gasteiger partial charge < -0.3 is 15.6 Å². The fourth-order valence-corrected chi connectivity index (χ4v) is 2.80. The molecule has 0 bridgehead atoms. The lowest BCUT2D eigenvalue weighted by atomic mass is 10.1. The van der Waals surface area contributed by atoms with Crippen molar-refractivity contribution in [3.63, 3.8) is 0 Å². The fourth-order valence-electron chi connectivity index (χ4n) is 2.80. The summed E-state index contributed by atoms with van der Waals surface area (Å²) in [4.78, 5) is 15.3. The van der Waals surface area contributed by atoms with Crippen LogP contribution in [0.15, 0.2) is 54.7 Å². The Labute approximate surface area is 171 Å². The summed E-state index contributed by atoms with van der Waals surface area (Å²) >= 11 is 0. The van der Waals surface area contributed by atoms with Crippen LogP contribution in [0.1, 0.15) is 5.69 Å². The number of anilines is 3. The highest BCUT2D eigenvalue weighted by atomic mass is 19.4. The summed E-state index contributed by atoms with van der Waals surface area (Å²) < 4.78 is 77.3. The fraction of sp³-hybridized carbons (Fsp3) is 0.158. The lowest BCUT2D eigenvalue weighted by molar-refractivity contribution is -0.141. The number of amides is 2. The number of nitrogen functional groups attached to an aromatic ring is 1. The summed E-state index contributed by atoms with van der Waals surface area (Å²) in [6, 6.07) is 9.30. The van der Waals surface area contributed by atoms with Gasteiger partial charge in [-0.25, -0.2) is 9.78 Å². The monoisotopic (exact) mass is 443 g/mol. The van der Waals surface area contributed by atoms with Crippen molar-refractivity contribution in [1.29, 1.82) is 0 Å². The van der Waals surface area contributed by atoms with Crippen LogP contribution in [0.5, 0.6) is 0 Å². The summed E-state index contributed by atoms with van der Waals surface area (Å²) in [6.45, 7) is -1.22. The summed E-state index contributed by atoms with van der Waals surface area (Å²) in [6.07, 6.45) is -7.87. The van der Waals surface area contributed by atoms with E-state index in [-0.39, 0.29) is 22.9 Å². The average Bonchev–Trinajstić information content (AvgIpc) is 3.00. The van der Waals surface area contributed by atoms with Crippen molar-refractivity contribution < 1.29 is 31.1 Å². The first-order valence-electron chi connectivity index (χ1n) is 8.66. The van der Waals surface area contributed by atoms with E-state index in [4.69, 9.17) is 5.73 Å². The number of aromatic nitrogens is 2. The van der Waals surface area contributed by atoms with Gasteiger partial charge in [0.1, 0.15) is 18.1 Å². The molecule has 0 fully saturated rings. The molecule has 0 unspecified atom stereocenters. The molecule has 3 rings (SSSR count). The molecule has 0 aliphatic carbocycles. The third kappa shape index (κ3) is 5.68. The van der Waals surface area contributed by atoms with E-state index in [0.29, 0.717) is 5.56 Å². The molecular formula is C19H15F6N5O. The lowest BCUT2D eigenvalue weighted by Gasteiger charge is -2.13. The molecule has 2 heterocycles. The van der Waals surface area contributed by atoms with E-state index < -0.39 is 30.6 Å². The Morgan fingerprint density at radius 3 is 2.26 bits per heavy atom. The molecule has 6 nitrogen and oxygen atoms in total. The van der Waals surface area contributed by atoms with Crippen molar-refractivity contribution in [2.75, 3.05) is 16.4 Å². The maximum atomic E-state index is 12.7. The van der Waals surface area contributed by atoms with Crippen LogP contribution < -0.4 is 16.4 Å². The number of hydrogen-bond acceptors (Lipinski definition) is 3. The van der Waals surface area contributed by atoms with Crippen LogP contribution in [-0.4, -0.2) is 21.8 Å². The Hall–Kier alpha value is -3.70. The molecule has 2 amide bonds. The van der Waals surface area contributed by atoms with E-state index in [1.54, 1.807) is 0 Å². The van der Waals surface area contributed by atoms with Crippen molar-refractivity contribution in [3.8, 4) is 11.3 Å². The van der Waals surface area contributed by atoms with Gasteiger partial charge in [0, 0.05) is 17.4 Å². The van der Waals surface area contributed by atoms with Crippen LogP contribution in [0, 0.1) is 0 Å². The van der Waals surface area contributed by atoms with Gasteiger partial charge in [-0.1, -0.05) is 18.2 Å². The highest BCUT2D eigenvalue weighted by molar-refractivity contribution is 5.99. The highest BCUT2D eigenvalue weighted by Crippen LogP contribution is 2.31. The minimum atomic E-state index is -4.66. The van der Waals surface area contributed by atoms with Crippen molar-refractivity contribution in [2.45, 2.75) is 18.9 Å². The quantitative estimate of drug-likeness (QED) is 0.475. The van der Waals surface area contributed by atoms with Crippen molar-refractivity contribution in [1.82, 2.24) is 9.55 Å². The zero-order chi connectivity index (χ0) is 22.8. The maximum absolute atomic E-state index is 12.7. The van der Waals surface area contributed by atoms with Gasteiger partial charge >= 0.3 is 18.4 Å². The number of carbonyl (C=O) groups is 1. The Morgan fingerprint density at radius 2 is 1.65 bits per heavy atom. The number of nitrogens with zero attached hydrogens (tertiary/aromatic N) is 2. The van der Waals surface area contributed by atoms with E-state index in [2.05, 4.69) is 15.6 Å². The standard InChI is InChI=1S/C19H15F6N5O/c20-18(21,22)10-30-9-8-13(26)16(30)11-4-6-12(7-5-11)27-17(31)29-15-3-1-2-14(28-15)19(23,24)25/h1-9H,10,26H2,(H2,27,28,29,31). The molecule has 0 saturated carbocycles. The van der Waals surface area contributed by atoms with Gasteiger partial charge in [0.25, 0.3) is 0 Å². The first-order valence-corrected chi connectivity index (χ1v) is 8.66. The minimum Gasteiger partial charge on any atom is -0.397 e. The molecule has 12 heteroatoms. The predicted octanol–water partition coefficient (Wildman–Crippen LogP) is 5.36. The van der Waals surface area contributed by atoms with Gasteiger partial charge in [-0.2, -0.15) is 26.3 Å². The van der Waals surface area contributed by atoms with Gasteiger partial charge in [-0.05, 0) is 30.3 Å². The average molecular weight is 443 g/mol. The van der Waals surface area contributed by atoms with E-state index in [1.807, 2.05) is 0 Å². The first-order chi connectivity index (χ1) is 14.4. The smallest absolute Gasteiger partial charge is 0.397 e. The molecule has 1 aromatic carbocycles. The first kappa shape index (κ1) is 22.0. The molecule has 0 radical (unpaired) electrons. The number of carbonyl (C=O) groups excluding carboxylic acids is 1. The van der Waals surface area contributed by atoms with E-state index in [1.165, 1.54) is 42.6 Å². The summed E-state index contributed by atoms with van der Waals surface area (Å²) in [5.41, 5.74) is 5.58. The zero-order valence-electron chi connectivity index (χ0n) is 15.6. The van der Waals surface area contributed by atoms with E-state index in [0.717, 1.165) is 16.7 Å². The van der Waals surface area contributed by atoms with Gasteiger partial charge in [0.05, 0.1) is 11.4 Å². The molecule has 0 spiro atoms. The SMILES string of the molecule is Nc1ccn(CC(F)(F)F)c1-c1ccc(NC(=O)Nc2cccc(C(F)(F)F)n2)cc1. The Morgan fingerprint density at radius 1 is 0.968 bits per heavy atom. The molecule has 3 aromatic rings. The van der Waals surface area contributed by atoms with Gasteiger partial charge in [-0.3, -0.25) is 5.32 Å². The molecule has 164 valence electrons. The van der Waals surface area contributed by atoms with Crippen LogP contribution >= 0.6 is 0 Å². The Kier molecular flexibility index (Phi) is 5.82. The summed E-state index contributed by atoms with van der Waals surface area (Å²) in [5.74, 6) is -0.304. The normalized spacial score (nSPS) is 11.9. The van der Waals surface area contributed by atoms with E-state index >= 15 is 0 Å². The van der Waals surface area contributed by atoms with Crippen molar-refractivity contribution in [3.05, 3.63) is 60.4 Å². The number of nitrogens with two attached hydrogens (primary N) is 1. The third-order valence-corrected chi connectivity index (χ3v) is 4.04. The number of benzene rings is 1. The summed E-state index contributed by atoms with van der Waals surface area (Å²) in [7, 11) is 0. The maximum Gasteiger partial charge on any atom is 0.433 e. The molecule has 2 aromatic heterocycles. The zero-order valence-corrected chi connectivity index (χ0v) is 15.6. The number of urea groups is 1. The number of hydrogen-bond donors (Lipinski definition) is 3. The van der Waals surface area contributed by atoms with Crippen LogP contribution in [0.2, 0.25) is 0 Å². The summed E-state index contributed by atoms with van der Waals surface area (Å²) in [5, 5.41) is 4.58. The van der Waals surface area contributed by atoms with Gasteiger partial charge in [0.2, 0.25) is 0 Å². The van der Waals surface area contributed by atoms with Crippen molar-refractivity contribution in [2.24, 2.45) is 0 Å². The molecule has 0 aliphatic heterocycles. The molecular weight excluding hydrogens is 428 g/mol. The topological polar surface area (TPSA) is 85.0 Å². The molecule has 4 N–H and O–H groups in total. The van der Waals surface area contributed by atoms with Gasteiger partial charge in [0.15, 0.2) is 0 Å². The number of pyridine rings is 1. The van der Waals surface area contributed by atoms with Crippen LogP contribution in [0.25, 0.3) is 11.3 Å². The number of nitrogens with one attached hydrogen (secondary N) is 2. The predicted molar refractivity (Wildman–Crippen MR) is 102 cm³/mol. The second-order valence-electron chi connectivity index (χ2n) is 6.43. The Bertz CT molecular complexity index is 1070. The van der Waals surface area contributed by atoms with Crippen LogP contribution in [0.3, 0.4) is 0 Å². The van der Waals surface area contributed by atoms with Crippen LogP contribution in [0.4, 0.5) is 48.3 Å². The third-order valence-electron chi connectivity index (χ3n) is 4.04. The van der Waals surface area contributed by atoms with Crippen LogP contribution in [-0.2, 0) is 12.7 Å². The number of rotatable bonds is 4. The highest BCUT2D eigenvalue weighted by Gasteiger charge is 2.32. The molecule has 0 aliphatic rings. The molecule has 0 saturated heterocycles. The van der Waals surface area contributed by atoms with E-state index in [9.17, 15) is 31.1 Å². The second kappa shape index (κ2) is 8.20. The minimum absolute atomic E-state index is 0.151. The molecule has 0 atom stereocenters. The molecule has 31 heavy (non-hydrogen) atoms. The Balaban J connectivity index is 1.71. The number of alkyl halides is 6. The largest absolute Gasteiger partial charge is 0.433 e.